The summed E-state index contributed by atoms with van der Waals surface area (Å²) in [7, 11) is 1.96. The molecule has 0 amide bonds. The first kappa shape index (κ1) is 13.4. The average molecular weight is 316 g/mol. The molecule has 3 nitrogen and oxygen atoms in total. The second-order valence-electron chi connectivity index (χ2n) is 4.38. The van der Waals surface area contributed by atoms with Gasteiger partial charge in [-0.3, -0.25) is 0 Å². The minimum Gasteiger partial charge on any atom is -0.398 e. The fourth-order valence-corrected chi connectivity index (χ4v) is 2.49. The van der Waals surface area contributed by atoms with E-state index in [1.807, 2.05) is 49.2 Å². The Hall–Kier alpha value is -1.99. The van der Waals surface area contributed by atoms with E-state index < -0.39 is 0 Å². The largest absolute Gasteiger partial charge is 0.398 e. The molecule has 2 N–H and O–H groups in total. The van der Waals surface area contributed by atoms with Crippen LogP contribution in [-0.4, -0.2) is 7.05 Å². The molecule has 0 saturated carbocycles. The van der Waals surface area contributed by atoms with E-state index in [2.05, 4.69) is 22.0 Å². The van der Waals surface area contributed by atoms with Crippen molar-refractivity contribution in [2.45, 2.75) is 6.92 Å². The highest BCUT2D eigenvalue weighted by Crippen LogP contribution is 2.34. The molecule has 0 aliphatic rings. The van der Waals surface area contributed by atoms with Gasteiger partial charge in [0, 0.05) is 22.9 Å². The van der Waals surface area contributed by atoms with Gasteiger partial charge in [-0.1, -0.05) is 6.07 Å². The second-order valence-corrected chi connectivity index (χ2v) is 5.24. The van der Waals surface area contributed by atoms with Crippen LogP contribution < -0.4 is 10.6 Å². The molecular formula is C15H14BrN3. The molecule has 0 bridgehead atoms. The Bertz CT molecular complexity index is 659. The molecule has 0 atom stereocenters. The van der Waals surface area contributed by atoms with Crippen molar-refractivity contribution in [1.29, 1.82) is 5.26 Å². The van der Waals surface area contributed by atoms with E-state index in [-0.39, 0.29) is 0 Å². The molecule has 0 saturated heterocycles. The molecule has 0 aliphatic carbocycles. The first-order valence-corrected chi connectivity index (χ1v) is 6.61. The van der Waals surface area contributed by atoms with Crippen LogP contribution in [0.4, 0.5) is 17.1 Å². The minimum absolute atomic E-state index is 0.646. The Labute approximate surface area is 121 Å². The molecule has 2 rings (SSSR count). The van der Waals surface area contributed by atoms with Crippen molar-refractivity contribution < 1.29 is 0 Å². The van der Waals surface area contributed by atoms with E-state index in [0.717, 1.165) is 27.1 Å². The van der Waals surface area contributed by atoms with Gasteiger partial charge in [0.1, 0.15) is 0 Å². The van der Waals surface area contributed by atoms with Crippen molar-refractivity contribution in [2.24, 2.45) is 0 Å². The summed E-state index contributed by atoms with van der Waals surface area (Å²) in [5.74, 6) is 0. The molecule has 4 heteroatoms. The lowest BCUT2D eigenvalue weighted by molar-refractivity contribution is 1.19. The van der Waals surface area contributed by atoms with Crippen molar-refractivity contribution in [3.05, 3.63) is 52.0 Å². The molecule has 2 aromatic carbocycles. The summed E-state index contributed by atoms with van der Waals surface area (Å²) in [6.45, 7) is 1.98. The summed E-state index contributed by atoms with van der Waals surface area (Å²) < 4.78 is 0.931. The number of nitrogens with two attached hydrogens (primary N) is 1. The molecule has 0 aliphatic heterocycles. The summed E-state index contributed by atoms with van der Waals surface area (Å²) in [5.41, 5.74) is 10.3. The van der Waals surface area contributed by atoms with E-state index in [9.17, 15) is 0 Å². The summed E-state index contributed by atoms with van der Waals surface area (Å²) >= 11 is 3.53. The lowest BCUT2D eigenvalue weighted by Gasteiger charge is -2.22. The number of aryl methyl sites for hydroxylation is 1. The number of hydrogen-bond acceptors (Lipinski definition) is 3. The molecule has 0 unspecified atom stereocenters. The fourth-order valence-electron chi connectivity index (χ4n) is 1.86. The number of benzene rings is 2. The highest BCUT2D eigenvalue weighted by Gasteiger charge is 2.10. The quantitative estimate of drug-likeness (QED) is 0.853. The van der Waals surface area contributed by atoms with Gasteiger partial charge in [0.05, 0.1) is 17.3 Å². The predicted molar refractivity (Wildman–Crippen MR) is 82.5 cm³/mol. The van der Waals surface area contributed by atoms with Crippen LogP contribution in [0.15, 0.2) is 40.9 Å². The van der Waals surface area contributed by atoms with Gasteiger partial charge >= 0.3 is 0 Å². The highest BCUT2D eigenvalue weighted by molar-refractivity contribution is 9.10. The maximum absolute atomic E-state index is 8.96. The van der Waals surface area contributed by atoms with Gasteiger partial charge in [0.25, 0.3) is 0 Å². The molecule has 0 aromatic heterocycles. The van der Waals surface area contributed by atoms with Crippen molar-refractivity contribution in [3.8, 4) is 6.07 Å². The zero-order valence-electron chi connectivity index (χ0n) is 10.8. The van der Waals surface area contributed by atoms with E-state index >= 15 is 0 Å². The molecule has 0 fully saturated rings. The number of anilines is 3. The Kier molecular flexibility index (Phi) is 3.77. The Morgan fingerprint density at radius 2 is 2.00 bits per heavy atom. The Morgan fingerprint density at radius 1 is 1.26 bits per heavy atom. The molecule has 2 aromatic rings. The third-order valence-corrected chi connectivity index (χ3v) is 3.69. The second kappa shape index (κ2) is 5.33. The van der Waals surface area contributed by atoms with Crippen LogP contribution in [0.25, 0.3) is 0 Å². The van der Waals surface area contributed by atoms with E-state index in [4.69, 9.17) is 11.0 Å². The van der Waals surface area contributed by atoms with Crippen molar-refractivity contribution in [1.82, 2.24) is 0 Å². The molecule has 0 radical (unpaired) electrons. The Morgan fingerprint density at radius 3 is 2.68 bits per heavy atom. The van der Waals surface area contributed by atoms with Crippen molar-refractivity contribution >= 4 is 33.0 Å². The van der Waals surface area contributed by atoms with Crippen LogP contribution in [0.5, 0.6) is 0 Å². The number of nitrogens with zero attached hydrogens (tertiary/aromatic N) is 2. The van der Waals surface area contributed by atoms with Gasteiger partial charge in [-0.25, -0.2) is 0 Å². The Balaban J connectivity index is 2.47. The fraction of sp³-hybridized carbons (Fsp3) is 0.133. The van der Waals surface area contributed by atoms with E-state index in [0.29, 0.717) is 5.56 Å². The van der Waals surface area contributed by atoms with Crippen LogP contribution in [-0.2, 0) is 0 Å². The smallest absolute Gasteiger partial charge is 0.0992 e. The SMILES string of the molecule is Cc1cc(N(C)c2cccc(C#N)c2)c(Br)cc1N. The lowest BCUT2D eigenvalue weighted by atomic mass is 10.1. The van der Waals surface area contributed by atoms with Crippen LogP contribution in [0.1, 0.15) is 11.1 Å². The number of nitrogen functional groups attached to an aromatic ring is 1. The first-order chi connectivity index (χ1) is 9.02. The molecule has 0 spiro atoms. The van der Waals surface area contributed by atoms with Gasteiger partial charge in [0.2, 0.25) is 0 Å². The highest BCUT2D eigenvalue weighted by atomic mass is 79.9. The third-order valence-electron chi connectivity index (χ3n) is 3.06. The van der Waals surface area contributed by atoms with Gasteiger partial charge in [-0.15, -0.1) is 0 Å². The van der Waals surface area contributed by atoms with Crippen LogP contribution in [0.3, 0.4) is 0 Å². The van der Waals surface area contributed by atoms with Crippen molar-refractivity contribution in [3.63, 3.8) is 0 Å². The monoisotopic (exact) mass is 315 g/mol. The molecule has 19 heavy (non-hydrogen) atoms. The van der Waals surface area contributed by atoms with Gasteiger partial charge in [-0.2, -0.15) is 5.26 Å². The third kappa shape index (κ3) is 2.72. The minimum atomic E-state index is 0.646. The normalized spacial score (nSPS) is 10.0. The maximum Gasteiger partial charge on any atom is 0.0992 e. The van der Waals surface area contributed by atoms with E-state index in [1.54, 1.807) is 6.07 Å². The summed E-state index contributed by atoms with van der Waals surface area (Å²) in [5, 5.41) is 8.96. The number of nitriles is 1. The van der Waals surface area contributed by atoms with Gasteiger partial charge < -0.3 is 10.6 Å². The van der Waals surface area contributed by atoms with Crippen LogP contribution in [0, 0.1) is 18.3 Å². The molecular weight excluding hydrogens is 302 g/mol. The topological polar surface area (TPSA) is 53.0 Å². The molecule has 96 valence electrons. The van der Waals surface area contributed by atoms with Crippen LogP contribution in [0.2, 0.25) is 0 Å². The number of halogens is 1. The molecule has 0 heterocycles. The lowest BCUT2D eigenvalue weighted by Crippen LogP contribution is -2.11. The zero-order chi connectivity index (χ0) is 14.0. The van der Waals surface area contributed by atoms with Crippen LogP contribution >= 0.6 is 15.9 Å². The van der Waals surface area contributed by atoms with E-state index in [1.165, 1.54) is 0 Å². The standard InChI is InChI=1S/C15H14BrN3/c1-10-6-15(13(16)8-14(10)18)19(2)12-5-3-4-11(7-12)9-17/h3-8H,18H2,1-2H3. The predicted octanol–water partition coefficient (Wildman–Crippen LogP) is 3.98. The van der Waals surface area contributed by atoms with Crippen molar-refractivity contribution in [2.75, 3.05) is 17.7 Å². The van der Waals surface area contributed by atoms with Gasteiger partial charge in [-0.05, 0) is 58.7 Å². The summed E-state index contributed by atoms with van der Waals surface area (Å²) in [6, 6.07) is 13.6. The van der Waals surface area contributed by atoms with Gasteiger partial charge in [0.15, 0.2) is 0 Å². The number of hydrogen-bond donors (Lipinski definition) is 1. The number of rotatable bonds is 2. The zero-order valence-corrected chi connectivity index (χ0v) is 12.4. The summed E-state index contributed by atoms with van der Waals surface area (Å²) in [4.78, 5) is 2.03. The summed E-state index contributed by atoms with van der Waals surface area (Å²) in [6.07, 6.45) is 0. The average Bonchev–Trinajstić information content (AvgIpc) is 2.42. The maximum atomic E-state index is 8.96. The first-order valence-electron chi connectivity index (χ1n) is 5.82.